The first kappa shape index (κ1) is 16.8. The van der Waals surface area contributed by atoms with E-state index in [4.69, 9.17) is 4.18 Å². The maximum atomic E-state index is 12.2. The number of carbonyl (C=O) groups excluding carboxylic acids is 1. The molecule has 122 valence electrons. The predicted octanol–water partition coefficient (Wildman–Crippen LogP) is 3.17. The minimum Gasteiger partial charge on any atom is -0.406 e. The maximum absolute atomic E-state index is 12.2. The fourth-order valence-electron chi connectivity index (χ4n) is 1.64. The molecule has 2 rings (SSSR count). The molecule has 0 unspecified atom stereocenters. The van der Waals surface area contributed by atoms with Gasteiger partial charge in [-0.25, -0.2) is 0 Å². The van der Waals surface area contributed by atoms with Gasteiger partial charge in [0.05, 0.1) is 0 Å². The molecule has 9 heteroatoms. The lowest BCUT2D eigenvalue weighted by Crippen LogP contribution is -2.17. The largest absolute Gasteiger partial charge is 0.573 e. The van der Waals surface area contributed by atoms with E-state index in [0.717, 1.165) is 18.2 Å². The van der Waals surface area contributed by atoms with Crippen LogP contribution in [0.15, 0.2) is 53.4 Å². The van der Waals surface area contributed by atoms with Gasteiger partial charge in [0.2, 0.25) is 0 Å². The summed E-state index contributed by atoms with van der Waals surface area (Å²) in [5.41, 5.74) is 0.187. The second-order valence-corrected chi connectivity index (χ2v) is 5.80. The van der Waals surface area contributed by atoms with E-state index in [9.17, 15) is 26.4 Å². The van der Waals surface area contributed by atoms with Crippen LogP contribution in [0.4, 0.5) is 13.2 Å². The molecule has 2 aromatic carbocycles. The zero-order valence-corrected chi connectivity index (χ0v) is 12.1. The summed E-state index contributed by atoms with van der Waals surface area (Å²) in [4.78, 5) is 10.1. The summed E-state index contributed by atoms with van der Waals surface area (Å²) in [6, 6.07) is 9.09. The van der Waals surface area contributed by atoms with E-state index in [2.05, 4.69) is 4.74 Å². The van der Waals surface area contributed by atoms with Gasteiger partial charge >= 0.3 is 16.5 Å². The molecule has 23 heavy (non-hydrogen) atoms. The predicted molar refractivity (Wildman–Crippen MR) is 72.8 cm³/mol. The van der Waals surface area contributed by atoms with Gasteiger partial charge in [-0.2, -0.15) is 8.42 Å². The van der Waals surface area contributed by atoms with Crippen molar-refractivity contribution in [1.82, 2.24) is 0 Å². The van der Waals surface area contributed by atoms with Crippen molar-refractivity contribution >= 4 is 16.4 Å². The number of halogens is 3. The summed E-state index contributed by atoms with van der Waals surface area (Å²) < 4.78 is 69.1. The molecule has 0 spiro atoms. The quantitative estimate of drug-likeness (QED) is 0.614. The third-order valence-corrected chi connectivity index (χ3v) is 3.77. The Morgan fingerprint density at radius 1 is 0.957 bits per heavy atom. The van der Waals surface area contributed by atoms with Crippen molar-refractivity contribution in [3.63, 3.8) is 0 Å². The highest BCUT2D eigenvalue weighted by Gasteiger charge is 2.31. The third-order valence-electron chi connectivity index (χ3n) is 2.53. The number of ether oxygens (including phenoxy) is 1. The van der Waals surface area contributed by atoms with Crippen LogP contribution in [0, 0.1) is 0 Å². The molecule has 0 amide bonds. The Hall–Kier alpha value is -2.55. The summed E-state index contributed by atoms with van der Waals surface area (Å²) in [7, 11) is -4.38. The van der Waals surface area contributed by atoms with E-state index in [-0.39, 0.29) is 11.3 Å². The highest BCUT2D eigenvalue weighted by Crippen LogP contribution is 2.26. The molecule has 0 atom stereocenters. The van der Waals surface area contributed by atoms with E-state index in [1.807, 2.05) is 0 Å². The molecular formula is C14H9F3O5S. The van der Waals surface area contributed by atoms with Gasteiger partial charge in [0.25, 0.3) is 0 Å². The fraction of sp³-hybridized carbons (Fsp3) is 0.0714. The standard InChI is InChI=1S/C14H9F3O5S/c15-14(16,17)21-11-4-2-6-13(8-11)23(19,20)22-12-5-1-3-10(7-12)9-18/h1-9H. The number of carbonyl (C=O) groups is 1. The highest BCUT2D eigenvalue weighted by molar-refractivity contribution is 7.87. The molecule has 0 aromatic heterocycles. The lowest BCUT2D eigenvalue weighted by Gasteiger charge is -2.11. The normalized spacial score (nSPS) is 11.8. The number of hydrogen-bond acceptors (Lipinski definition) is 5. The van der Waals surface area contributed by atoms with Gasteiger partial charge < -0.3 is 8.92 Å². The van der Waals surface area contributed by atoms with E-state index in [1.54, 1.807) is 0 Å². The summed E-state index contributed by atoms with van der Waals surface area (Å²) in [6.45, 7) is 0. The lowest BCUT2D eigenvalue weighted by atomic mass is 10.2. The number of aldehydes is 1. The molecule has 0 aliphatic rings. The number of rotatable bonds is 5. The summed E-state index contributed by atoms with van der Waals surface area (Å²) >= 11 is 0. The molecule has 0 saturated heterocycles. The molecule has 0 radical (unpaired) electrons. The van der Waals surface area contributed by atoms with Crippen LogP contribution in [0.2, 0.25) is 0 Å². The molecule has 0 fully saturated rings. The molecule has 0 heterocycles. The number of alkyl halides is 3. The van der Waals surface area contributed by atoms with Crippen molar-refractivity contribution in [2.75, 3.05) is 0 Å². The van der Waals surface area contributed by atoms with E-state index in [0.29, 0.717) is 12.4 Å². The molecule has 0 N–H and O–H groups in total. The Labute approximate surface area is 129 Å². The van der Waals surface area contributed by atoms with Crippen molar-refractivity contribution in [1.29, 1.82) is 0 Å². The zero-order valence-electron chi connectivity index (χ0n) is 11.3. The maximum Gasteiger partial charge on any atom is 0.573 e. The Kier molecular flexibility index (Phi) is 4.60. The van der Waals surface area contributed by atoms with Gasteiger partial charge in [0.1, 0.15) is 22.7 Å². The minimum atomic E-state index is -4.94. The first-order chi connectivity index (χ1) is 10.7. The molecule has 2 aromatic rings. The van der Waals surface area contributed by atoms with Crippen LogP contribution in [0.3, 0.4) is 0 Å². The van der Waals surface area contributed by atoms with E-state index >= 15 is 0 Å². The second-order valence-electron chi connectivity index (χ2n) is 4.25. The van der Waals surface area contributed by atoms with Gasteiger partial charge in [0, 0.05) is 11.6 Å². The number of benzene rings is 2. The van der Waals surface area contributed by atoms with Crippen molar-refractivity contribution < 1.29 is 35.3 Å². The van der Waals surface area contributed by atoms with Gasteiger partial charge in [0.15, 0.2) is 0 Å². The fourth-order valence-corrected chi connectivity index (χ4v) is 2.60. The van der Waals surface area contributed by atoms with Crippen LogP contribution < -0.4 is 8.92 Å². The van der Waals surface area contributed by atoms with Gasteiger partial charge in [-0.1, -0.05) is 18.2 Å². The third kappa shape index (κ3) is 4.71. The van der Waals surface area contributed by atoms with Crippen LogP contribution in [-0.4, -0.2) is 21.1 Å². The average molecular weight is 346 g/mol. The molecule has 0 aliphatic carbocycles. The van der Waals surface area contributed by atoms with Crippen LogP contribution in [0.1, 0.15) is 10.4 Å². The number of hydrogen-bond donors (Lipinski definition) is 0. The molecular weight excluding hydrogens is 337 g/mol. The van der Waals surface area contributed by atoms with Crippen LogP contribution in [0.25, 0.3) is 0 Å². The monoisotopic (exact) mass is 346 g/mol. The van der Waals surface area contributed by atoms with Crippen LogP contribution in [0.5, 0.6) is 11.5 Å². The molecule has 0 saturated carbocycles. The zero-order chi connectivity index (χ0) is 17.1. The van der Waals surface area contributed by atoms with Crippen molar-refractivity contribution in [3.05, 3.63) is 54.1 Å². The summed E-state index contributed by atoms with van der Waals surface area (Å²) in [5, 5.41) is 0. The Bertz CT molecular complexity index is 815. The van der Waals surface area contributed by atoms with Crippen LogP contribution >= 0.6 is 0 Å². The molecule has 0 bridgehead atoms. The van der Waals surface area contributed by atoms with Gasteiger partial charge in [-0.05, 0) is 24.3 Å². The Morgan fingerprint density at radius 3 is 2.26 bits per heavy atom. The van der Waals surface area contributed by atoms with E-state index < -0.39 is 27.1 Å². The SMILES string of the molecule is O=Cc1cccc(OS(=O)(=O)c2cccc(OC(F)(F)F)c2)c1. The van der Waals surface area contributed by atoms with Crippen LogP contribution in [-0.2, 0) is 10.1 Å². The average Bonchev–Trinajstić information content (AvgIpc) is 2.45. The smallest absolute Gasteiger partial charge is 0.406 e. The summed E-state index contributed by atoms with van der Waals surface area (Å²) in [6.07, 6.45) is -4.45. The lowest BCUT2D eigenvalue weighted by molar-refractivity contribution is -0.274. The first-order valence-electron chi connectivity index (χ1n) is 6.05. The Morgan fingerprint density at radius 2 is 1.61 bits per heavy atom. The summed E-state index contributed by atoms with van der Waals surface area (Å²) in [5.74, 6) is -0.833. The van der Waals surface area contributed by atoms with Gasteiger partial charge in [-0.15, -0.1) is 13.2 Å². The Balaban J connectivity index is 2.28. The van der Waals surface area contributed by atoms with Crippen molar-refractivity contribution in [3.8, 4) is 11.5 Å². The van der Waals surface area contributed by atoms with Crippen molar-refractivity contribution in [2.45, 2.75) is 11.3 Å². The molecule has 0 aliphatic heterocycles. The first-order valence-corrected chi connectivity index (χ1v) is 7.46. The van der Waals surface area contributed by atoms with E-state index in [1.165, 1.54) is 24.3 Å². The van der Waals surface area contributed by atoms with Crippen molar-refractivity contribution in [2.24, 2.45) is 0 Å². The van der Waals surface area contributed by atoms with Gasteiger partial charge in [-0.3, -0.25) is 4.79 Å². The highest BCUT2D eigenvalue weighted by atomic mass is 32.2. The molecule has 5 nitrogen and oxygen atoms in total. The minimum absolute atomic E-state index is 0.142. The second kappa shape index (κ2) is 6.29. The topological polar surface area (TPSA) is 69.7 Å².